The molecule has 1 N–H and O–H groups in total. The molecule has 3 aromatic rings. The van der Waals surface area contributed by atoms with E-state index in [1.54, 1.807) is 18.2 Å². The molecule has 2 aromatic carbocycles. The fourth-order valence-corrected chi connectivity index (χ4v) is 3.15. The van der Waals surface area contributed by atoms with Gasteiger partial charge in [-0.1, -0.05) is 42.7 Å². The van der Waals surface area contributed by atoms with Gasteiger partial charge in [0.05, 0.1) is 16.6 Å². The Morgan fingerprint density at radius 3 is 2.55 bits per heavy atom. The molecule has 0 aliphatic heterocycles. The summed E-state index contributed by atoms with van der Waals surface area (Å²) in [5.41, 5.74) is 5.74. The summed E-state index contributed by atoms with van der Waals surface area (Å²) >= 11 is 0. The van der Waals surface area contributed by atoms with E-state index in [1.165, 1.54) is 17.2 Å². The maximum Gasteiger partial charge on any atom is 0.335 e. The number of rotatable bonds is 7. The van der Waals surface area contributed by atoms with Crippen LogP contribution in [0.25, 0.3) is 11.0 Å². The van der Waals surface area contributed by atoms with Crippen LogP contribution in [-0.4, -0.2) is 20.6 Å². The minimum Gasteiger partial charge on any atom is -0.486 e. The van der Waals surface area contributed by atoms with Crippen LogP contribution in [0.15, 0.2) is 65.8 Å². The van der Waals surface area contributed by atoms with Crippen LogP contribution in [0.3, 0.4) is 0 Å². The second-order valence-corrected chi connectivity index (χ2v) is 7.82. The lowest BCUT2D eigenvalue weighted by Gasteiger charge is -2.08. The molecule has 5 heteroatoms. The third kappa shape index (κ3) is 7.40. The lowest BCUT2D eigenvalue weighted by Crippen LogP contribution is -2.06. The van der Waals surface area contributed by atoms with Crippen LogP contribution in [0.2, 0.25) is 0 Å². The maximum atomic E-state index is 11.0. The van der Waals surface area contributed by atoms with Crippen molar-refractivity contribution < 1.29 is 14.6 Å². The minimum absolute atomic E-state index is 0.210. The Balaban J connectivity index is 0.000000328. The number of imidazole rings is 1. The van der Waals surface area contributed by atoms with Crippen molar-refractivity contribution in [1.82, 2.24) is 9.55 Å². The zero-order chi connectivity index (χ0) is 24.4. The highest BCUT2D eigenvalue weighted by molar-refractivity contribution is 5.88. The molecule has 0 fully saturated rings. The first-order valence-corrected chi connectivity index (χ1v) is 11.0. The van der Waals surface area contributed by atoms with E-state index in [2.05, 4.69) is 61.4 Å². The molecule has 0 amide bonds. The second kappa shape index (κ2) is 12.3. The van der Waals surface area contributed by atoms with Crippen molar-refractivity contribution in [2.45, 2.75) is 54.2 Å². The number of nitrogens with zero attached hydrogens (tertiary/aromatic N) is 2. The molecule has 3 rings (SSSR count). The predicted octanol–water partition coefficient (Wildman–Crippen LogP) is 6.56. The average Bonchev–Trinajstić information content (AvgIpc) is 3.15. The molecule has 1 aromatic heterocycles. The highest BCUT2D eigenvalue weighted by Gasteiger charge is 2.11. The van der Waals surface area contributed by atoms with Crippen LogP contribution < -0.4 is 4.74 Å². The molecular weight excluding hydrogens is 412 g/mol. The number of terminal acetylenes is 1. The lowest BCUT2D eigenvalue weighted by atomic mass is 10.2. The van der Waals surface area contributed by atoms with Gasteiger partial charge in [0, 0.05) is 12.1 Å². The van der Waals surface area contributed by atoms with Gasteiger partial charge in [0.2, 0.25) is 0 Å². The van der Waals surface area contributed by atoms with Gasteiger partial charge in [-0.05, 0) is 70.0 Å². The fourth-order valence-electron chi connectivity index (χ4n) is 3.15. The monoisotopic (exact) mass is 444 g/mol. The highest BCUT2D eigenvalue weighted by Crippen LogP contribution is 2.20. The quantitative estimate of drug-likeness (QED) is 0.331. The van der Waals surface area contributed by atoms with E-state index in [9.17, 15) is 4.79 Å². The number of aromatic carboxylic acids is 1. The number of carboxylic acids is 1. The van der Waals surface area contributed by atoms with Gasteiger partial charge < -0.3 is 14.4 Å². The van der Waals surface area contributed by atoms with Gasteiger partial charge in [0.1, 0.15) is 18.2 Å². The zero-order valence-corrected chi connectivity index (χ0v) is 20.1. The van der Waals surface area contributed by atoms with Crippen molar-refractivity contribution in [3.8, 4) is 18.1 Å². The average molecular weight is 445 g/mol. The molecule has 5 nitrogen and oxygen atoms in total. The van der Waals surface area contributed by atoms with Gasteiger partial charge in [-0.25, -0.2) is 9.78 Å². The van der Waals surface area contributed by atoms with E-state index in [0.717, 1.165) is 35.4 Å². The molecule has 0 atom stereocenters. The molecule has 0 spiro atoms. The summed E-state index contributed by atoms with van der Waals surface area (Å²) in [5, 5.41) is 9.03. The Bertz CT molecular complexity index is 1210. The predicted molar refractivity (Wildman–Crippen MR) is 135 cm³/mol. The van der Waals surface area contributed by atoms with Gasteiger partial charge in [-0.15, -0.1) is 6.42 Å². The number of hydrogen-bond donors (Lipinski definition) is 1. The summed E-state index contributed by atoms with van der Waals surface area (Å²) in [6.07, 6.45) is 10.2. The molecule has 0 saturated heterocycles. The number of benzene rings is 2. The third-order valence-corrected chi connectivity index (χ3v) is 4.93. The van der Waals surface area contributed by atoms with Gasteiger partial charge in [0.25, 0.3) is 0 Å². The number of aryl methyl sites for hydroxylation is 2. The fraction of sp³-hybridized carbons (Fsp3) is 0.286. The van der Waals surface area contributed by atoms with Gasteiger partial charge in [-0.3, -0.25) is 0 Å². The number of aromatic nitrogens is 2. The molecule has 0 aliphatic rings. The number of fused-ring (bicyclic) bond motifs is 1. The van der Waals surface area contributed by atoms with Crippen LogP contribution in [0, 0.1) is 19.3 Å². The van der Waals surface area contributed by atoms with E-state index in [-0.39, 0.29) is 5.56 Å². The number of carboxylic acid groups (broad SMARTS) is 1. The van der Waals surface area contributed by atoms with Crippen molar-refractivity contribution in [3.63, 3.8) is 0 Å². The molecule has 1 heterocycles. The summed E-state index contributed by atoms with van der Waals surface area (Å²) < 4.78 is 7.85. The Hall–Kier alpha value is -3.78. The standard InChI is InChI=1S/C18H18N2O3.C10H14/c1-3-20-16-8-7-12(2)9-15(16)19-17(20)11-23-14-6-4-5-13(10-14)18(21)22;1-5-10(6-2)8-7-9(3)4/h4-10H,3,11H2,1-2H3,(H,21,22);1,7-8H,6H2,2-4H3/b;10-8+. The molecule has 33 heavy (non-hydrogen) atoms. The number of carbonyl (C=O) groups is 1. The van der Waals surface area contributed by atoms with Crippen LogP contribution in [0.4, 0.5) is 0 Å². The molecule has 0 radical (unpaired) electrons. The second-order valence-electron chi connectivity index (χ2n) is 7.82. The molecule has 0 bridgehead atoms. The van der Waals surface area contributed by atoms with Crippen LogP contribution in [0.5, 0.6) is 5.75 Å². The van der Waals surface area contributed by atoms with E-state index in [4.69, 9.17) is 16.3 Å². The summed E-state index contributed by atoms with van der Waals surface area (Å²) in [6.45, 7) is 11.4. The SMILES string of the molecule is C#C/C(=C\C=C(C)C)CC.CCn1c(COc2cccc(C(=O)O)c2)nc2cc(C)ccc21. The van der Waals surface area contributed by atoms with E-state index >= 15 is 0 Å². The lowest BCUT2D eigenvalue weighted by molar-refractivity contribution is 0.0696. The molecule has 0 unspecified atom stereocenters. The van der Waals surface area contributed by atoms with E-state index in [0.29, 0.717) is 12.4 Å². The van der Waals surface area contributed by atoms with Crippen molar-refractivity contribution in [3.05, 3.63) is 82.7 Å². The Morgan fingerprint density at radius 2 is 1.94 bits per heavy atom. The van der Waals surface area contributed by atoms with Gasteiger partial charge in [0.15, 0.2) is 0 Å². The van der Waals surface area contributed by atoms with Gasteiger partial charge >= 0.3 is 5.97 Å². The first kappa shape index (κ1) is 25.5. The summed E-state index contributed by atoms with van der Waals surface area (Å²) in [5.74, 6) is 3.01. The van der Waals surface area contributed by atoms with E-state index < -0.39 is 5.97 Å². The van der Waals surface area contributed by atoms with Crippen molar-refractivity contribution in [2.24, 2.45) is 0 Å². The van der Waals surface area contributed by atoms with Crippen molar-refractivity contribution in [2.75, 3.05) is 0 Å². The van der Waals surface area contributed by atoms with Crippen LogP contribution >= 0.6 is 0 Å². The summed E-state index contributed by atoms with van der Waals surface area (Å²) in [4.78, 5) is 15.6. The van der Waals surface area contributed by atoms with Crippen LogP contribution in [-0.2, 0) is 13.2 Å². The molecule has 0 saturated carbocycles. The van der Waals surface area contributed by atoms with Crippen molar-refractivity contribution >= 4 is 17.0 Å². The summed E-state index contributed by atoms with van der Waals surface area (Å²) in [6, 6.07) is 12.7. The smallest absolute Gasteiger partial charge is 0.335 e. The normalized spacial score (nSPS) is 10.7. The molecular formula is C28H32N2O3. The maximum absolute atomic E-state index is 11.0. The van der Waals surface area contributed by atoms with Gasteiger partial charge in [-0.2, -0.15) is 0 Å². The highest BCUT2D eigenvalue weighted by atomic mass is 16.5. The summed E-state index contributed by atoms with van der Waals surface area (Å²) in [7, 11) is 0. The number of hydrogen-bond acceptors (Lipinski definition) is 3. The zero-order valence-electron chi connectivity index (χ0n) is 20.1. The number of allylic oxidation sites excluding steroid dienone is 4. The van der Waals surface area contributed by atoms with Crippen LogP contribution in [0.1, 0.15) is 55.9 Å². The first-order chi connectivity index (χ1) is 15.8. The Morgan fingerprint density at radius 1 is 1.18 bits per heavy atom. The molecule has 0 aliphatic carbocycles. The topological polar surface area (TPSA) is 64.3 Å². The third-order valence-electron chi connectivity index (χ3n) is 4.93. The largest absolute Gasteiger partial charge is 0.486 e. The Labute approximate surface area is 196 Å². The van der Waals surface area contributed by atoms with E-state index in [1.807, 2.05) is 19.1 Å². The number of ether oxygens (including phenoxy) is 1. The minimum atomic E-state index is -0.966. The molecule has 172 valence electrons. The van der Waals surface area contributed by atoms with Crippen molar-refractivity contribution in [1.29, 1.82) is 0 Å². The Kier molecular flexibility index (Phi) is 9.50. The first-order valence-electron chi connectivity index (χ1n) is 11.0.